The summed E-state index contributed by atoms with van der Waals surface area (Å²) in [5.74, 6) is -0.784. The lowest BCUT2D eigenvalue weighted by Crippen LogP contribution is -2.36. The van der Waals surface area contributed by atoms with Crippen molar-refractivity contribution in [1.82, 2.24) is 4.90 Å². The number of halogens is 1. The van der Waals surface area contributed by atoms with Crippen molar-refractivity contribution in [3.63, 3.8) is 0 Å². The van der Waals surface area contributed by atoms with Crippen molar-refractivity contribution in [2.24, 2.45) is 0 Å². The summed E-state index contributed by atoms with van der Waals surface area (Å²) in [4.78, 5) is 39.0. The second kappa shape index (κ2) is 12.8. The zero-order valence-corrected chi connectivity index (χ0v) is 22.3. The van der Waals surface area contributed by atoms with Gasteiger partial charge in [-0.25, -0.2) is 4.39 Å². The number of nitrogens with one attached hydrogen (secondary N) is 1. The molecule has 3 amide bonds. The molecule has 10 heteroatoms. The molecule has 4 rings (SSSR count). The quantitative estimate of drug-likeness (QED) is 0.252. The third kappa shape index (κ3) is 6.57. The third-order valence-corrected chi connectivity index (χ3v) is 6.76. The van der Waals surface area contributed by atoms with Crippen molar-refractivity contribution in [2.75, 3.05) is 19.0 Å². The van der Waals surface area contributed by atoms with Crippen LogP contribution in [0.5, 0.6) is 11.5 Å². The molecule has 0 bridgehead atoms. The van der Waals surface area contributed by atoms with Crippen LogP contribution in [-0.2, 0) is 22.6 Å². The molecule has 0 unspecified atom stereocenters. The molecule has 1 N–H and O–H groups in total. The van der Waals surface area contributed by atoms with Gasteiger partial charge in [-0.1, -0.05) is 24.3 Å². The van der Waals surface area contributed by atoms with Gasteiger partial charge in [-0.05, 0) is 72.3 Å². The summed E-state index contributed by atoms with van der Waals surface area (Å²) in [5, 5.41) is 11.3. The molecule has 8 nitrogen and oxygen atoms in total. The van der Waals surface area contributed by atoms with E-state index in [1.165, 1.54) is 31.4 Å². The largest absolute Gasteiger partial charge is 0.493 e. The fourth-order valence-corrected chi connectivity index (χ4v) is 4.80. The van der Waals surface area contributed by atoms with Gasteiger partial charge in [0, 0.05) is 16.8 Å². The summed E-state index contributed by atoms with van der Waals surface area (Å²) in [6.45, 7) is 3.46. The first-order valence-electron chi connectivity index (χ1n) is 12.1. The summed E-state index contributed by atoms with van der Waals surface area (Å²) < 4.78 is 24.7. The Morgan fingerprint density at radius 3 is 2.60 bits per heavy atom. The number of rotatable bonds is 10. The number of allylic oxidation sites excluding steroid dienone is 1. The van der Waals surface area contributed by atoms with Crippen LogP contribution < -0.4 is 14.8 Å². The standard InChI is InChI=1S/C30H24FN3O5S/c1-3-6-20-13-19(14-25(38-2)28(20)39-18-22-8-5-4-7-21(22)16-32)15-26-29(36)34(30(37)40-26)17-27(35)33-24-11-9-23(31)10-12-24/h3-5,7-15H,1,6,17-18H2,2H3,(H,33,35)/b26-15-. The van der Waals surface area contributed by atoms with Crippen LogP contribution in [-0.4, -0.2) is 35.6 Å². The van der Waals surface area contributed by atoms with Gasteiger partial charge in [-0.3, -0.25) is 19.3 Å². The molecule has 1 aliphatic rings. The molecule has 1 fully saturated rings. The van der Waals surface area contributed by atoms with Gasteiger partial charge in [0.05, 0.1) is 23.6 Å². The maximum atomic E-state index is 13.1. The predicted octanol–water partition coefficient (Wildman–Crippen LogP) is 5.69. The highest BCUT2D eigenvalue weighted by Gasteiger charge is 2.36. The molecule has 0 aliphatic carbocycles. The van der Waals surface area contributed by atoms with Gasteiger partial charge in [0.25, 0.3) is 11.1 Å². The molecule has 0 spiro atoms. The van der Waals surface area contributed by atoms with Crippen LogP contribution in [0.25, 0.3) is 6.08 Å². The minimum atomic E-state index is -0.609. The Balaban J connectivity index is 1.53. The molecule has 202 valence electrons. The lowest BCUT2D eigenvalue weighted by molar-refractivity contribution is -0.127. The Hall–Kier alpha value is -4.88. The second-order valence-electron chi connectivity index (χ2n) is 8.58. The van der Waals surface area contributed by atoms with E-state index in [2.05, 4.69) is 18.0 Å². The first-order valence-corrected chi connectivity index (χ1v) is 12.9. The van der Waals surface area contributed by atoms with E-state index in [9.17, 15) is 24.0 Å². The van der Waals surface area contributed by atoms with E-state index in [1.54, 1.807) is 36.4 Å². The SMILES string of the molecule is C=CCc1cc(/C=C2\SC(=O)N(CC(=O)Nc3ccc(F)cc3)C2=O)cc(OC)c1OCc1ccccc1C#N. The lowest BCUT2D eigenvalue weighted by Gasteiger charge is -2.16. The minimum Gasteiger partial charge on any atom is -0.493 e. The van der Waals surface area contributed by atoms with Crippen molar-refractivity contribution >= 4 is 40.6 Å². The first kappa shape index (κ1) is 28.1. The van der Waals surface area contributed by atoms with Gasteiger partial charge in [-0.15, -0.1) is 6.58 Å². The smallest absolute Gasteiger partial charge is 0.294 e. The van der Waals surface area contributed by atoms with E-state index in [4.69, 9.17) is 9.47 Å². The summed E-state index contributed by atoms with van der Waals surface area (Å²) in [6, 6.07) is 17.9. The monoisotopic (exact) mass is 557 g/mol. The molecule has 0 atom stereocenters. The number of carbonyl (C=O) groups is 3. The molecule has 0 saturated carbocycles. The molecule has 1 aliphatic heterocycles. The maximum Gasteiger partial charge on any atom is 0.294 e. The highest BCUT2D eigenvalue weighted by molar-refractivity contribution is 8.18. The highest BCUT2D eigenvalue weighted by atomic mass is 32.2. The van der Waals surface area contributed by atoms with Crippen LogP contribution in [0.1, 0.15) is 22.3 Å². The third-order valence-electron chi connectivity index (χ3n) is 5.85. The van der Waals surface area contributed by atoms with Crippen molar-refractivity contribution < 1.29 is 28.2 Å². The first-order chi connectivity index (χ1) is 19.3. The van der Waals surface area contributed by atoms with Gasteiger partial charge in [0.2, 0.25) is 5.91 Å². The van der Waals surface area contributed by atoms with Gasteiger partial charge in [0.15, 0.2) is 11.5 Å². The lowest BCUT2D eigenvalue weighted by atomic mass is 10.0. The van der Waals surface area contributed by atoms with Crippen molar-refractivity contribution in [2.45, 2.75) is 13.0 Å². The van der Waals surface area contributed by atoms with Gasteiger partial charge < -0.3 is 14.8 Å². The Kier molecular flexibility index (Phi) is 8.99. The molecule has 3 aromatic rings. The average Bonchev–Trinajstić information content (AvgIpc) is 3.20. The number of ether oxygens (including phenoxy) is 2. The Bertz CT molecular complexity index is 1550. The number of nitriles is 1. The van der Waals surface area contributed by atoms with Crippen LogP contribution in [0.3, 0.4) is 0 Å². The fourth-order valence-electron chi connectivity index (χ4n) is 3.96. The summed E-state index contributed by atoms with van der Waals surface area (Å²) in [5.41, 5.74) is 2.88. The van der Waals surface area contributed by atoms with Gasteiger partial charge >= 0.3 is 0 Å². The minimum absolute atomic E-state index is 0.141. The number of hydrogen-bond acceptors (Lipinski definition) is 7. The number of amides is 3. The van der Waals surface area contributed by atoms with E-state index in [1.807, 2.05) is 12.1 Å². The van der Waals surface area contributed by atoms with E-state index >= 15 is 0 Å². The van der Waals surface area contributed by atoms with E-state index in [0.717, 1.165) is 27.8 Å². The number of hydrogen-bond donors (Lipinski definition) is 1. The van der Waals surface area contributed by atoms with Crippen LogP contribution in [0.2, 0.25) is 0 Å². The predicted molar refractivity (Wildman–Crippen MR) is 150 cm³/mol. The zero-order chi connectivity index (χ0) is 28.6. The van der Waals surface area contributed by atoms with Crippen molar-refractivity contribution in [3.8, 4) is 17.6 Å². The number of thioether (sulfide) groups is 1. The number of imide groups is 1. The topological polar surface area (TPSA) is 109 Å². The molecule has 40 heavy (non-hydrogen) atoms. The Labute approximate surface area is 234 Å². The van der Waals surface area contributed by atoms with E-state index < -0.39 is 29.4 Å². The molecular formula is C30H24FN3O5S. The van der Waals surface area contributed by atoms with Crippen LogP contribution in [0, 0.1) is 17.1 Å². The van der Waals surface area contributed by atoms with Crippen LogP contribution >= 0.6 is 11.8 Å². The average molecular weight is 558 g/mol. The molecule has 1 saturated heterocycles. The molecule has 0 radical (unpaired) electrons. The normalized spacial score (nSPS) is 13.7. The number of anilines is 1. The Morgan fingerprint density at radius 2 is 1.90 bits per heavy atom. The second-order valence-corrected chi connectivity index (χ2v) is 9.58. The van der Waals surface area contributed by atoms with Crippen LogP contribution in [0.4, 0.5) is 14.9 Å². The van der Waals surface area contributed by atoms with Crippen LogP contribution in [0.15, 0.2) is 78.2 Å². The molecule has 3 aromatic carbocycles. The summed E-state index contributed by atoms with van der Waals surface area (Å²) >= 11 is 0.721. The Morgan fingerprint density at radius 1 is 1.15 bits per heavy atom. The molecule has 0 aromatic heterocycles. The van der Waals surface area contributed by atoms with Gasteiger partial charge in [0.1, 0.15) is 19.0 Å². The number of benzene rings is 3. The van der Waals surface area contributed by atoms with E-state index in [0.29, 0.717) is 34.7 Å². The van der Waals surface area contributed by atoms with Gasteiger partial charge in [-0.2, -0.15) is 5.26 Å². The molecule has 1 heterocycles. The number of carbonyl (C=O) groups excluding carboxylic acids is 3. The number of nitrogens with zero attached hydrogens (tertiary/aromatic N) is 2. The zero-order valence-electron chi connectivity index (χ0n) is 21.5. The van der Waals surface area contributed by atoms with Crippen molar-refractivity contribution in [3.05, 3.63) is 106 Å². The highest BCUT2D eigenvalue weighted by Crippen LogP contribution is 2.37. The molecular weight excluding hydrogens is 533 g/mol. The summed E-state index contributed by atoms with van der Waals surface area (Å²) in [7, 11) is 1.49. The van der Waals surface area contributed by atoms with Crippen molar-refractivity contribution in [1.29, 1.82) is 5.26 Å². The fraction of sp³-hybridized carbons (Fsp3) is 0.133. The maximum absolute atomic E-state index is 13.1. The number of methoxy groups -OCH3 is 1. The van der Waals surface area contributed by atoms with E-state index in [-0.39, 0.29) is 11.5 Å². The summed E-state index contributed by atoms with van der Waals surface area (Å²) in [6.07, 6.45) is 3.67.